The number of carboxylic acids is 1. The lowest BCUT2D eigenvalue weighted by molar-refractivity contribution is -0.306. The molecule has 1 aliphatic rings. The molecule has 5 nitrogen and oxygen atoms in total. The summed E-state index contributed by atoms with van der Waals surface area (Å²) in [5, 5.41) is 31.5. The molecule has 1 heterocycles. The van der Waals surface area contributed by atoms with E-state index in [1.807, 2.05) is 0 Å². The molecule has 1 atom stereocenters. The molecular weight excluding hydrogens is 222 g/mol. The van der Waals surface area contributed by atoms with E-state index in [0.29, 0.717) is 11.3 Å². The van der Waals surface area contributed by atoms with Gasteiger partial charge in [-0.15, -0.1) is 12.4 Å². The number of carboxylic acid groups (broad SMARTS) is 1. The molecule has 1 aliphatic heterocycles. The van der Waals surface area contributed by atoms with Crippen molar-refractivity contribution in [2.24, 2.45) is 0 Å². The van der Waals surface area contributed by atoms with E-state index in [0.717, 1.165) is 0 Å². The highest BCUT2D eigenvalue weighted by atomic mass is 35.5. The number of phenols is 2. The molecule has 1 aromatic rings. The molecule has 3 N–H and O–H groups in total. The summed E-state index contributed by atoms with van der Waals surface area (Å²) in [6.07, 6.45) is 0.255. The average Bonchev–Trinajstić information content (AvgIpc) is 2.48. The van der Waals surface area contributed by atoms with Crippen LogP contribution in [0.2, 0.25) is 0 Å². The van der Waals surface area contributed by atoms with Crippen molar-refractivity contribution in [3.63, 3.8) is 0 Å². The summed E-state index contributed by atoms with van der Waals surface area (Å²) in [4.78, 5) is 10.5. The van der Waals surface area contributed by atoms with Crippen LogP contribution >= 0.6 is 12.4 Å². The Bertz CT molecular complexity index is 376. The number of halogens is 1. The molecule has 1 unspecified atom stereocenters. The third-order valence-electron chi connectivity index (χ3n) is 2.24. The van der Waals surface area contributed by atoms with Crippen molar-refractivity contribution in [2.45, 2.75) is 12.5 Å². The predicted octanol–water partition coefficient (Wildman–Crippen LogP) is -0.394. The summed E-state index contributed by atoms with van der Waals surface area (Å²) in [5.74, 6) is -1.71. The molecule has 0 amide bonds. The van der Waals surface area contributed by atoms with Gasteiger partial charge in [0.1, 0.15) is 0 Å². The lowest BCUT2D eigenvalue weighted by Gasteiger charge is -2.11. The van der Waals surface area contributed by atoms with Crippen LogP contribution in [0.25, 0.3) is 0 Å². The van der Waals surface area contributed by atoms with Gasteiger partial charge in [-0.05, 0) is 11.6 Å². The molecule has 0 radical (unpaired) electrons. The van der Waals surface area contributed by atoms with Crippen LogP contribution < -0.4 is 10.4 Å². The second kappa shape index (κ2) is 3.86. The number of hydrogen-bond donors (Lipinski definition) is 3. The lowest BCUT2D eigenvalue weighted by Crippen LogP contribution is -2.39. The molecule has 0 spiro atoms. The second-order valence-electron chi connectivity index (χ2n) is 3.22. The van der Waals surface area contributed by atoms with Crippen LogP contribution in [-0.4, -0.2) is 22.2 Å². The van der Waals surface area contributed by atoms with Gasteiger partial charge in [0.15, 0.2) is 11.5 Å². The standard InChI is InChI=1S/C9H9NO4.ClH/c11-7-2-4-1-6(9(13)14)10-5(4)3-8(7)12;/h2-3,6,10-12H,1H2,(H,13,14);1H/p-1. The summed E-state index contributed by atoms with van der Waals surface area (Å²) in [5.41, 5.74) is 1.18. The molecule has 0 saturated carbocycles. The Hall–Kier alpha value is -1.62. The van der Waals surface area contributed by atoms with E-state index in [4.69, 9.17) is 10.2 Å². The molecular formula is C9H9ClNO4-. The van der Waals surface area contributed by atoms with E-state index in [1.165, 1.54) is 12.1 Å². The summed E-state index contributed by atoms with van der Waals surface area (Å²) in [6.45, 7) is 0. The summed E-state index contributed by atoms with van der Waals surface area (Å²) >= 11 is 0. The van der Waals surface area contributed by atoms with Gasteiger partial charge in [0.25, 0.3) is 0 Å². The van der Waals surface area contributed by atoms with Gasteiger partial charge in [0.2, 0.25) is 0 Å². The molecule has 6 heteroatoms. The van der Waals surface area contributed by atoms with Gasteiger partial charge in [-0.1, -0.05) is 0 Å². The highest BCUT2D eigenvalue weighted by molar-refractivity contribution is 5.85. The smallest absolute Gasteiger partial charge is 0.159 e. The van der Waals surface area contributed by atoms with E-state index < -0.39 is 12.0 Å². The van der Waals surface area contributed by atoms with Crippen LogP contribution in [0, 0.1) is 0 Å². The van der Waals surface area contributed by atoms with E-state index in [-0.39, 0.29) is 30.3 Å². The van der Waals surface area contributed by atoms with E-state index in [9.17, 15) is 9.90 Å². The molecule has 0 bridgehead atoms. The SMILES string of the molecule is Cl.O=C([O-])C1Cc2cc(O)c(O)cc2N1. The van der Waals surface area contributed by atoms with Crippen molar-refractivity contribution in [1.29, 1.82) is 0 Å². The number of anilines is 1. The first-order chi connectivity index (χ1) is 6.58. The molecule has 0 aromatic heterocycles. The second-order valence-corrected chi connectivity index (χ2v) is 3.22. The van der Waals surface area contributed by atoms with Gasteiger partial charge in [-0.25, -0.2) is 0 Å². The van der Waals surface area contributed by atoms with Crippen LogP contribution in [0.4, 0.5) is 5.69 Å². The summed E-state index contributed by atoms with van der Waals surface area (Å²) in [7, 11) is 0. The Labute approximate surface area is 91.8 Å². The number of carbonyl (C=O) groups excluding carboxylic acids is 1. The molecule has 82 valence electrons. The largest absolute Gasteiger partial charge is 0.548 e. The first-order valence-corrected chi connectivity index (χ1v) is 4.10. The zero-order valence-corrected chi connectivity index (χ0v) is 8.37. The van der Waals surface area contributed by atoms with Crippen LogP contribution in [0.3, 0.4) is 0 Å². The fourth-order valence-corrected chi connectivity index (χ4v) is 1.52. The van der Waals surface area contributed by atoms with Crippen molar-refractivity contribution in [3.05, 3.63) is 17.7 Å². The number of hydrogen-bond acceptors (Lipinski definition) is 5. The predicted molar refractivity (Wildman–Crippen MR) is 53.1 cm³/mol. The normalized spacial score (nSPS) is 17.5. The lowest BCUT2D eigenvalue weighted by atomic mass is 10.1. The monoisotopic (exact) mass is 230 g/mol. The number of aromatic hydroxyl groups is 2. The number of fused-ring (bicyclic) bond motifs is 1. The minimum atomic E-state index is -1.19. The van der Waals surface area contributed by atoms with Gasteiger partial charge in [-0.3, -0.25) is 0 Å². The summed E-state index contributed by atoms with van der Waals surface area (Å²) < 4.78 is 0. The van der Waals surface area contributed by atoms with Crippen molar-refractivity contribution >= 4 is 24.1 Å². The topological polar surface area (TPSA) is 92.6 Å². The number of carbonyl (C=O) groups is 1. The van der Waals surface area contributed by atoms with Crippen molar-refractivity contribution in [1.82, 2.24) is 0 Å². The van der Waals surface area contributed by atoms with Crippen molar-refractivity contribution < 1.29 is 20.1 Å². The molecule has 0 aliphatic carbocycles. The number of aliphatic carboxylic acids is 1. The summed E-state index contributed by atoms with van der Waals surface area (Å²) in [6, 6.07) is 1.86. The van der Waals surface area contributed by atoms with Crippen molar-refractivity contribution in [2.75, 3.05) is 5.32 Å². The van der Waals surface area contributed by atoms with E-state index in [1.54, 1.807) is 0 Å². The van der Waals surface area contributed by atoms with Gasteiger partial charge in [0.05, 0.1) is 12.0 Å². The van der Waals surface area contributed by atoms with E-state index >= 15 is 0 Å². The number of nitrogens with one attached hydrogen (secondary N) is 1. The number of rotatable bonds is 1. The van der Waals surface area contributed by atoms with Crippen LogP contribution in [0.5, 0.6) is 11.5 Å². The Morgan fingerprint density at radius 3 is 2.60 bits per heavy atom. The first kappa shape index (κ1) is 11.5. The van der Waals surface area contributed by atoms with Crippen LogP contribution in [0.15, 0.2) is 12.1 Å². The third-order valence-corrected chi connectivity index (χ3v) is 2.24. The Morgan fingerprint density at radius 2 is 2.00 bits per heavy atom. The molecule has 0 fully saturated rings. The molecule has 0 saturated heterocycles. The van der Waals surface area contributed by atoms with Gasteiger partial charge in [0, 0.05) is 18.2 Å². The first-order valence-electron chi connectivity index (χ1n) is 4.10. The Balaban J connectivity index is 0.00000112. The highest BCUT2D eigenvalue weighted by Gasteiger charge is 2.22. The average molecular weight is 231 g/mol. The Morgan fingerprint density at radius 1 is 1.40 bits per heavy atom. The minimum Gasteiger partial charge on any atom is -0.548 e. The third kappa shape index (κ3) is 1.92. The zero-order valence-electron chi connectivity index (χ0n) is 7.56. The maximum atomic E-state index is 10.5. The number of benzene rings is 1. The van der Waals surface area contributed by atoms with Gasteiger partial charge >= 0.3 is 0 Å². The maximum absolute atomic E-state index is 10.5. The minimum absolute atomic E-state index is 0. The molecule has 15 heavy (non-hydrogen) atoms. The van der Waals surface area contributed by atoms with Crippen LogP contribution in [-0.2, 0) is 11.2 Å². The number of phenolic OH excluding ortho intramolecular Hbond substituents is 2. The van der Waals surface area contributed by atoms with Crippen LogP contribution in [0.1, 0.15) is 5.56 Å². The zero-order chi connectivity index (χ0) is 10.3. The molecule has 2 rings (SSSR count). The van der Waals surface area contributed by atoms with E-state index in [2.05, 4.69) is 5.32 Å². The highest BCUT2D eigenvalue weighted by Crippen LogP contribution is 2.35. The van der Waals surface area contributed by atoms with Crippen molar-refractivity contribution in [3.8, 4) is 11.5 Å². The fraction of sp³-hybridized carbons (Fsp3) is 0.222. The molecule has 1 aromatic carbocycles. The van der Waals surface area contributed by atoms with Gasteiger partial charge in [-0.2, -0.15) is 0 Å². The maximum Gasteiger partial charge on any atom is 0.159 e. The van der Waals surface area contributed by atoms with Gasteiger partial charge < -0.3 is 25.4 Å². The Kier molecular flexibility index (Phi) is 2.95. The fourth-order valence-electron chi connectivity index (χ4n) is 1.52. The quantitative estimate of drug-likeness (QED) is 0.451.